The molecule has 0 heterocycles. The summed E-state index contributed by atoms with van der Waals surface area (Å²) in [6.07, 6.45) is 2.06. The van der Waals surface area contributed by atoms with Gasteiger partial charge in [-0.3, -0.25) is 4.90 Å². The fourth-order valence-electron chi connectivity index (χ4n) is 3.54. The summed E-state index contributed by atoms with van der Waals surface area (Å²) < 4.78 is 22.4. The van der Waals surface area contributed by atoms with Crippen LogP contribution >= 0.6 is 0 Å². The van der Waals surface area contributed by atoms with E-state index in [2.05, 4.69) is 50.2 Å². The third-order valence-corrected chi connectivity index (χ3v) is 5.45. The minimum absolute atomic E-state index is 0.179. The number of rotatable bonds is 12. The van der Waals surface area contributed by atoms with Gasteiger partial charge in [-0.25, -0.2) is 9.59 Å². The molecule has 0 saturated carbocycles. The number of aliphatic carboxylic acids is 2. The van der Waals surface area contributed by atoms with Crippen molar-refractivity contribution in [2.24, 2.45) is 0 Å². The molecule has 0 aromatic heterocycles. The molecule has 0 spiro atoms. The van der Waals surface area contributed by atoms with Gasteiger partial charge in [0, 0.05) is 12.2 Å². The first-order chi connectivity index (χ1) is 16.6. The molecule has 0 radical (unpaired) electrons. The maximum atomic E-state index is 9.55. The lowest BCUT2D eigenvalue weighted by Gasteiger charge is -2.39. The van der Waals surface area contributed by atoms with E-state index in [0.29, 0.717) is 42.6 Å². The topological polar surface area (TPSA) is 115 Å². The van der Waals surface area contributed by atoms with Crippen LogP contribution in [0.3, 0.4) is 0 Å². The van der Waals surface area contributed by atoms with Crippen LogP contribution in [0.4, 0.5) is 0 Å². The number of carboxylic acid groups (broad SMARTS) is 2. The van der Waals surface area contributed by atoms with Crippen molar-refractivity contribution in [2.75, 3.05) is 42.0 Å². The van der Waals surface area contributed by atoms with Gasteiger partial charge in [-0.05, 0) is 43.8 Å². The smallest absolute Gasteiger partial charge is 0.328 e. The van der Waals surface area contributed by atoms with Crippen LogP contribution in [0.15, 0.2) is 54.6 Å². The molecule has 0 fully saturated rings. The van der Waals surface area contributed by atoms with Gasteiger partial charge in [0.25, 0.3) is 0 Å². The van der Waals surface area contributed by atoms with Gasteiger partial charge >= 0.3 is 11.9 Å². The second kappa shape index (κ2) is 14.6. The summed E-state index contributed by atoms with van der Waals surface area (Å²) >= 11 is 0. The van der Waals surface area contributed by atoms with Crippen LogP contribution in [0.2, 0.25) is 0 Å². The number of methoxy groups -OCH3 is 3. The van der Waals surface area contributed by atoms with Gasteiger partial charge in [0.05, 0.1) is 40.1 Å². The van der Waals surface area contributed by atoms with E-state index in [9.17, 15) is 9.59 Å². The Labute approximate surface area is 206 Å². The quantitative estimate of drug-likeness (QED) is 0.430. The summed E-state index contributed by atoms with van der Waals surface area (Å²) in [5, 5.41) is 15.6. The van der Waals surface area contributed by atoms with Crippen molar-refractivity contribution < 1.29 is 38.7 Å². The summed E-state index contributed by atoms with van der Waals surface area (Å²) in [7, 11) is 9.03. The lowest BCUT2D eigenvalue weighted by Crippen LogP contribution is -2.45. The van der Waals surface area contributed by atoms with Crippen LogP contribution < -0.4 is 14.2 Å². The molecule has 2 N–H and O–H groups in total. The minimum Gasteiger partial charge on any atom is -0.493 e. The third kappa shape index (κ3) is 8.62. The first-order valence-electron chi connectivity index (χ1n) is 10.9. The van der Waals surface area contributed by atoms with Crippen molar-refractivity contribution in [3.63, 3.8) is 0 Å². The number of ether oxygens (including phenoxy) is 4. The summed E-state index contributed by atoms with van der Waals surface area (Å²) in [6, 6.07) is 14.3. The Kier molecular flexibility index (Phi) is 12.3. The molecule has 9 heteroatoms. The lowest BCUT2D eigenvalue weighted by atomic mass is 9.87. The van der Waals surface area contributed by atoms with Gasteiger partial charge in [-0.1, -0.05) is 37.3 Å². The average Bonchev–Trinajstić information content (AvgIpc) is 2.85. The highest BCUT2D eigenvalue weighted by molar-refractivity contribution is 5.89. The van der Waals surface area contributed by atoms with Crippen molar-refractivity contribution in [3.8, 4) is 17.2 Å². The highest BCUT2D eigenvalue weighted by Crippen LogP contribution is 2.38. The fraction of sp³-hybridized carbons (Fsp3) is 0.385. The van der Waals surface area contributed by atoms with E-state index in [4.69, 9.17) is 29.2 Å². The summed E-state index contributed by atoms with van der Waals surface area (Å²) in [5.74, 6) is -0.662. The van der Waals surface area contributed by atoms with E-state index in [1.807, 2.05) is 18.2 Å². The summed E-state index contributed by atoms with van der Waals surface area (Å²) in [6.45, 7) is 3.23. The first kappa shape index (κ1) is 29.5. The predicted molar refractivity (Wildman–Crippen MR) is 132 cm³/mol. The molecule has 0 bridgehead atoms. The zero-order valence-electron chi connectivity index (χ0n) is 21.1. The summed E-state index contributed by atoms with van der Waals surface area (Å²) in [5.41, 5.74) is 2.05. The van der Waals surface area contributed by atoms with E-state index in [1.165, 1.54) is 5.56 Å². The van der Waals surface area contributed by atoms with Gasteiger partial charge < -0.3 is 29.2 Å². The van der Waals surface area contributed by atoms with E-state index >= 15 is 0 Å². The van der Waals surface area contributed by atoms with Crippen molar-refractivity contribution in [2.45, 2.75) is 25.5 Å². The standard InChI is InChI=1S/C22H31NO4.C4H4O4/c1-7-22(23(2)3,18-11-9-8-10-12-18)16-27-15-17-13-19(24-4)21(26-6)20(14-17)25-5;5-3(6)1-2-4(7)8/h8-14H,7,15-16H2,1-6H3;1-2H,(H,5,6)(H,7,8)/b;2-1-. The Bertz CT molecular complexity index is 934. The Morgan fingerprint density at radius 2 is 1.43 bits per heavy atom. The molecule has 1 unspecified atom stereocenters. The van der Waals surface area contributed by atoms with Crippen LogP contribution in [-0.2, 0) is 26.5 Å². The number of likely N-dealkylation sites (N-methyl/N-ethyl adjacent to an activating group) is 1. The van der Waals surface area contributed by atoms with E-state index < -0.39 is 11.9 Å². The molecule has 2 rings (SSSR count). The van der Waals surface area contributed by atoms with E-state index in [1.54, 1.807) is 21.3 Å². The van der Waals surface area contributed by atoms with Crippen LogP contribution in [-0.4, -0.2) is 69.1 Å². The number of carbonyl (C=O) groups is 2. The minimum atomic E-state index is -1.26. The van der Waals surface area contributed by atoms with Crippen molar-refractivity contribution in [1.82, 2.24) is 4.90 Å². The monoisotopic (exact) mass is 489 g/mol. The number of hydrogen-bond acceptors (Lipinski definition) is 7. The number of hydrogen-bond donors (Lipinski definition) is 2. The van der Waals surface area contributed by atoms with Crippen LogP contribution in [0, 0.1) is 0 Å². The van der Waals surface area contributed by atoms with Gasteiger partial charge in [0.15, 0.2) is 11.5 Å². The molecule has 2 aromatic carbocycles. The molecular formula is C26H35NO8. The SMILES string of the molecule is CCC(COCc1cc(OC)c(OC)c(OC)c1)(c1ccccc1)N(C)C.O=C(O)/C=C\C(=O)O. The molecule has 0 saturated heterocycles. The van der Waals surface area contributed by atoms with Crippen LogP contribution in [0.1, 0.15) is 24.5 Å². The molecule has 192 valence electrons. The van der Waals surface area contributed by atoms with E-state index in [0.717, 1.165) is 12.0 Å². The zero-order valence-corrected chi connectivity index (χ0v) is 21.1. The average molecular weight is 490 g/mol. The van der Waals surface area contributed by atoms with Crippen LogP contribution in [0.25, 0.3) is 0 Å². The van der Waals surface area contributed by atoms with Crippen LogP contribution in [0.5, 0.6) is 17.2 Å². The van der Waals surface area contributed by atoms with Gasteiger partial charge in [0.2, 0.25) is 5.75 Å². The Balaban J connectivity index is 0.000000658. The highest BCUT2D eigenvalue weighted by atomic mass is 16.5. The fourth-order valence-corrected chi connectivity index (χ4v) is 3.54. The zero-order chi connectivity index (χ0) is 26.4. The Hall–Kier alpha value is -3.56. The molecule has 0 aliphatic rings. The second-order valence-electron chi connectivity index (χ2n) is 7.68. The van der Waals surface area contributed by atoms with E-state index in [-0.39, 0.29) is 5.54 Å². The number of nitrogens with zero attached hydrogens (tertiary/aromatic N) is 1. The maximum Gasteiger partial charge on any atom is 0.328 e. The van der Waals surface area contributed by atoms with Crippen molar-refractivity contribution in [3.05, 3.63) is 65.7 Å². The molecule has 35 heavy (non-hydrogen) atoms. The third-order valence-electron chi connectivity index (χ3n) is 5.45. The van der Waals surface area contributed by atoms with Crippen molar-refractivity contribution >= 4 is 11.9 Å². The molecule has 0 amide bonds. The first-order valence-corrected chi connectivity index (χ1v) is 10.9. The second-order valence-corrected chi connectivity index (χ2v) is 7.68. The molecule has 0 aliphatic heterocycles. The largest absolute Gasteiger partial charge is 0.493 e. The predicted octanol–water partition coefficient (Wildman–Crippen LogP) is 3.81. The molecule has 1 atom stereocenters. The Morgan fingerprint density at radius 3 is 1.80 bits per heavy atom. The maximum absolute atomic E-state index is 9.55. The lowest BCUT2D eigenvalue weighted by molar-refractivity contribution is -0.134. The molecular weight excluding hydrogens is 454 g/mol. The molecule has 9 nitrogen and oxygen atoms in total. The number of benzene rings is 2. The Morgan fingerprint density at radius 1 is 0.914 bits per heavy atom. The molecule has 0 aliphatic carbocycles. The van der Waals surface area contributed by atoms with Crippen molar-refractivity contribution in [1.29, 1.82) is 0 Å². The van der Waals surface area contributed by atoms with Gasteiger partial charge in [0.1, 0.15) is 0 Å². The normalized spacial score (nSPS) is 12.4. The van der Waals surface area contributed by atoms with Gasteiger partial charge in [-0.15, -0.1) is 0 Å². The number of carboxylic acids is 2. The highest BCUT2D eigenvalue weighted by Gasteiger charge is 2.33. The van der Waals surface area contributed by atoms with Gasteiger partial charge in [-0.2, -0.15) is 0 Å². The summed E-state index contributed by atoms with van der Waals surface area (Å²) in [4.78, 5) is 21.3. The molecule has 2 aromatic rings.